The number of rotatable bonds is 11. The van der Waals surface area contributed by atoms with E-state index < -0.39 is 5.91 Å². The summed E-state index contributed by atoms with van der Waals surface area (Å²) in [7, 11) is 0. The van der Waals surface area contributed by atoms with Crippen LogP contribution in [0.5, 0.6) is 11.5 Å². The van der Waals surface area contributed by atoms with Gasteiger partial charge in [0.2, 0.25) is 0 Å². The van der Waals surface area contributed by atoms with E-state index >= 15 is 0 Å². The summed E-state index contributed by atoms with van der Waals surface area (Å²) < 4.78 is 5.92. The van der Waals surface area contributed by atoms with Gasteiger partial charge in [-0.05, 0) is 77.4 Å². The highest BCUT2D eigenvalue weighted by Gasteiger charge is 2.22. The van der Waals surface area contributed by atoms with Gasteiger partial charge in [-0.15, -0.1) is 11.8 Å². The number of carbonyl (C=O) groups excluding carboxylic acids is 1. The number of aromatic nitrogens is 1. The van der Waals surface area contributed by atoms with Gasteiger partial charge in [0.1, 0.15) is 0 Å². The van der Waals surface area contributed by atoms with Gasteiger partial charge >= 0.3 is 0 Å². The van der Waals surface area contributed by atoms with Crippen molar-refractivity contribution >= 4 is 29.3 Å². The lowest BCUT2D eigenvalue weighted by atomic mass is 9.85. The molecule has 2 aromatic rings. The summed E-state index contributed by atoms with van der Waals surface area (Å²) >= 11 is 7.84. The van der Waals surface area contributed by atoms with Crippen molar-refractivity contribution in [2.24, 2.45) is 5.92 Å². The van der Waals surface area contributed by atoms with Crippen LogP contribution in [-0.2, 0) is 6.54 Å². The molecule has 0 aliphatic heterocycles. The number of carbonyl (C=O) groups is 1. The first kappa shape index (κ1) is 26.4. The van der Waals surface area contributed by atoms with Crippen LogP contribution in [0.2, 0.25) is 5.02 Å². The van der Waals surface area contributed by atoms with Gasteiger partial charge in [-0.3, -0.25) is 9.59 Å². The minimum Gasteiger partial charge on any atom is -0.504 e. The highest BCUT2D eigenvalue weighted by Crippen LogP contribution is 2.40. The molecule has 1 fully saturated rings. The number of phenolic OH excluding ortho intramolecular Hbond substituents is 1. The van der Waals surface area contributed by atoms with Crippen LogP contribution in [0.1, 0.15) is 59.8 Å². The maximum absolute atomic E-state index is 12.9. The van der Waals surface area contributed by atoms with E-state index in [1.54, 1.807) is 6.92 Å². The molecule has 1 unspecified atom stereocenters. The Morgan fingerprint density at radius 1 is 1.35 bits per heavy atom. The van der Waals surface area contributed by atoms with Gasteiger partial charge in [-0.2, -0.15) is 0 Å². The quantitative estimate of drug-likeness (QED) is 0.263. The monoisotopic (exact) mass is 507 g/mol. The van der Waals surface area contributed by atoms with Gasteiger partial charge < -0.3 is 25.5 Å². The topological polar surface area (TPSA) is 103 Å². The number of nitrogens with one attached hydrogen (secondary N) is 3. The van der Waals surface area contributed by atoms with Crippen molar-refractivity contribution in [3.63, 3.8) is 0 Å². The van der Waals surface area contributed by atoms with Crippen molar-refractivity contribution < 1.29 is 14.6 Å². The number of hydrogen-bond acceptors (Lipinski definition) is 6. The van der Waals surface area contributed by atoms with Crippen molar-refractivity contribution in [3.05, 3.63) is 49.9 Å². The van der Waals surface area contributed by atoms with Crippen molar-refractivity contribution in [3.8, 4) is 11.5 Å². The second kappa shape index (κ2) is 12.0. The number of aromatic hydroxyl groups is 1. The Kier molecular flexibility index (Phi) is 9.33. The number of aryl methyl sites for hydroxylation is 1. The summed E-state index contributed by atoms with van der Waals surface area (Å²) in [6, 6.07) is 3.37. The Hall–Kier alpha value is -2.16. The third kappa shape index (κ3) is 6.49. The molecule has 0 bridgehead atoms. The largest absolute Gasteiger partial charge is 0.504 e. The van der Waals surface area contributed by atoms with E-state index in [-0.39, 0.29) is 40.3 Å². The van der Waals surface area contributed by atoms with Crippen LogP contribution in [0.25, 0.3) is 0 Å². The third-order valence-electron chi connectivity index (χ3n) is 6.29. The number of hydrogen-bond donors (Lipinski definition) is 4. The lowest BCUT2D eigenvalue weighted by molar-refractivity contribution is 0.0949. The van der Waals surface area contributed by atoms with Gasteiger partial charge in [0.25, 0.3) is 11.5 Å². The molecule has 1 atom stereocenters. The summed E-state index contributed by atoms with van der Waals surface area (Å²) in [5.74, 6) is 0.404. The fourth-order valence-electron chi connectivity index (χ4n) is 3.93. The minimum atomic E-state index is -0.429. The number of amides is 1. The zero-order valence-corrected chi connectivity index (χ0v) is 21.8. The summed E-state index contributed by atoms with van der Waals surface area (Å²) in [5, 5.41) is 17.1. The summed E-state index contributed by atoms with van der Waals surface area (Å²) in [6.45, 7) is 7.31. The molecule has 0 saturated heterocycles. The summed E-state index contributed by atoms with van der Waals surface area (Å²) in [6.07, 6.45) is 6.44. The molecule has 7 nitrogen and oxygen atoms in total. The number of pyridine rings is 1. The molecule has 1 amide bonds. The first-order chi connectivity index (χ1) is 16.2. The molecular formula is C25H34ClN3O4S. The molecular weight excluding hydrogens is 474 g/mol. The molecule has 9 heteroatoms. The SMILES string of the molecule is CSc1cc(C)[nH]c(=O)c1CNC(=O)c1cc(Cl)c(OC(C)CCNCC2CCC2)c(O)c1C. The number of H-pyrrole nitrogens is 1. The lowest BCUT2D eigenvalue weighted by Crippen LogP contribution is -2.30. The van der Waals surface area contributed by atoms with Crippen LogP contribution in [0.3, 0.4) is 0 Å². The average Bonchev–Trinajstić information content (AvgIpc) is 2.76. The van der Waals surface area contributed by atoms with Crippen molar-refractivity contribution in [1.29, 1.82) is 0 Å². The lowest BCUT2D eigenvalue weighted by Gasteiger charge is -2.26. The predicted octanol–water partition coefficient (Wildman–Crippen LogP) is 4.55. The molecule has 1 saturated carbocycles. The molecule has 34 heavy (non-hydrogen) atoms. The van der Waals surface area contributed by atoms with Gasteiger partial charge in [-0.25, -0.2) is 0 Å². The normalized spacial score (nSPS) is 14.5. The second-order valence-corrected chi connectivity index (χ2v) is 10.2. The summed E-state index contributed by atoms with van der Waals surface area (Å²) in [5.41, 5.74) is 1.62. The van der Waals surface area contributed by atoms with Crippen LogP contribution in [-0.4, -0.2) is 41.4 Å². The number of thioether (sulfide) groups is 1. The average molecular weight is 508 g/mol. The maximum Gasteiger partial charge on any atom is 0.254 e. The van der Waals surface area contributed by atoms with E-state index in [4.69, 9.17) is 16.3 Å². The molecule has 1 heterocycles. The fraction of sp³-hybridized carbons (Fsp3) is 0.520. The Bertz CT molecular complexity index is 1080. The molecule has 0 radical (unpaired) electrons. The molecule has 1 aromatic heterocycles. The van der Waals surface area contributed by atoms with Crippen LogP contribution in [0.4, 0.5) is 0 Å². The molecule has 186 valence electrons. The highest BCUT2D eigenvalue weighted by atomic mass is 35.5. The first-order valence-corrected chi connectivity index (χ1v) is 13.3. The molecule has 0 spiro atoms. The zero-order valence-electron chi connectivity index (χ0n) is 20.2. The Morgan fingerprint density at radius 3 is 2.74 bits per heavy atom. The van der Waals surface area contributed by atoms with Gasteiger partial charge in [-0.1, -0.05) is 18.0 Å². The van der Waals surface area contributed by atoms with Crippen molar-refractivity contribution in [2.45, 2.75) is 64.0 Å². The van der Waals surface area contributed by atoms with Gasteiger partial charge in [0.05, 0.1) is 11.1 Å². The minimum absolute atomic E-state index is 0.0611. The van der Waals surface area contributed by atoms with Crippen LogP contribution < -0.4 is 20.9 Å². The van der Waals surface area contributed by atoms with E-state index in [0.717, 1.165) is 36.0 Å². The van der Waals surface area contributed by atoms with Crippen LogP contribution in [0.15, 0.2) is 21.8 Å². The molecule has 3 rings (SSSR count). The van der Waals surface area contributed by atoms with Gasteiger partial charge in [0.15, 0.2) is 11.5 Å². The fourth-order valence-corrected chi connectivity index (χ4v) is 4.88. The number of ether oxygens (including phenoxy) is 1. The molecule has 1 aromatic carbocycles. The third-order valence-corrected chi connectivity index (χ3v) is 7.37. The molecule has 1 aliphatic carbocycles. The Morgan fingerprint density at radius 2 is 2.09 bits per heavy atom. The molecule has 4 N–H and O–H groups in total. The maximum atomic E-state index is 12.9. The zero-order chi connectivity index (χ0) is 24.8. The van der Waals surface area contributed by atoms with Crippen molar-refractivity contribution in [1.82, 2.24) is 15.6 Å². The standard InChI is InChI=1S/C25H34ClN3O4S/c1-14-10-21(34-4)19(25(32)29-14)13-28-24(31)18-11-20(26)23(22(30)16(18)3)33-15(2)8-9-27-12-17-6-5-7-17/h10-11,15,17,27,30H,5-9,12-13H2,1-4H3,(H,28,31)(H,29,32). The number of halogens is 1. The molecule has 1 aliphatic rings. The van der Waals surface area contributed by atoms with Crippen LogP contribution >= 0.6 is 23.4 Å². The van der Waals surface area contributed by atoms with E-state index in [0.29, 0.717) is 11.1 Å². The van der Waals surface area contributed by atoms with E-state index in [2.05, 4.69) is 15.6 Å². The van der Waals surface area contributed by atoms with E-state index in [1.807, 2.05) is 26.2 Å². The smallest absolute Gasteiger partial charge is 0.254 e. The Labute approximate surface area is 210 Å². The van der Waals surface area contributed by atoms with Crippen LogP contribution in [0, 0.1) is 19.8 Å². The number of aromatic amines is 1. The van der Waals surface area contributed by atoms with E-state index in [9.17, 15) is 14.7 Å². The Balaban J connectivity index is 1.63. The van der Waals surface area contributed by atoms with Crippen molar-refractivity contribution in [2.75, 3.05) is 19.3 Å². The highest BCUT2D eigenvalue weighted by molar-refractivity contribution is 7.98. The number of benzene rings is 1. The predicted molar refractivity (Wildman–Crippen MR) is 138 cm³/mol. The van der Waals surface area contributed by atoms with Gasteiger partial charge in [0, 0.05) is 33.8 Å². The second-order valence-electron chi connectivity index (χ2n) is 8.94. The first-order valence-electron chi connectivity index (χ1n) is 11.7. The van der Waals surface area contributed by atoms with E-state index in [1.165, 1.54) is 37.1 Å². The summed E-state index contributed by atoms with van der Waals surface area (Å²) in [4.78, 5) is 28.8. The number of phenols is 1.